The minimum Gasteiger partial charge on any atom is -0.478 e. The molecule has 8 nitrogen and oxygen atoms in total. The predicted molar refractivity (Wildman–Crippen MR) is 188 cm³/mol. The molecule has 0 saturated carbocycles. The van der Waals surface area contributed by atoms with Gasteiger partial charge >= 0.3 is 11.9 Å². The van der Waals surface area contributed by atoms with E-state index in [9.17, 15) is 9.59 Å². The third kappa shape index (κ3) is 7.63. The number of aryl methyl sites for hydroxylation is 2. The number of carbonyl (C=O) groups is 2. The predicted octanol–water partition coefficient (Wildman–Crippen LogP) is 10.1. The van der Waals surface area contributed by atoms with Crippen molar-refractivity contribution < 1.29 is 29.5 Å². The summed E-state index contributed by atoms with van der Waals surface area (Å²) in [6, 6.07) is 20.9. The summed E-state index contributed by atoms with van der Waals surface area (Å²) in [6.07, 6.45) is 1.07. The lowest BCUT2D eigenvalue weighted by molar-refractivity contribution is -0.00755. The van der Waals surface area contributed by atoms with Gasteiger partial charge < -0.3 is 19.9 Å². The third-order valence-corrected chi connectivity index (χ3v) is 9.12. The number of rotatable bonds is 6. The maximum atomic E-state index is 11.1. The number of nitrogens with zero attached hydrogens (tertiary/aromatic N) is 2. The summed E-state index contributed by atoms with van der Waals surface area (Å²) in [7, 11) is 0. The van der Waals surface area contributed by atoms with Crippen molar-refractivity contribution in [2.24, 2.45) is 10.3 Å². The van der Waals surface area contributed by atoms with E-state index in [-0.39, 0.29) is 11.1 Å². The van der Waals surface area contributed by atoms with Crippen LogP contribution in [0, 0.1) is 13.8 Å². The van der Waals surface area contributed by atoms with E-state index < -0.39 is 23.1 Å². The molecule has 2 atom stereocenters. The second-order valence-electron chi connectivity index (χ2n) is 12.1. The van der Waals surface area contributed by atoms with Crippen molar-refractivity contribution in [1.82, 2.24) is 0 Å². The highest BCUT2D eigenvalue weighted by molar-refractivity contribution is 6.35. The van der Waals surface area contributed by atoms with Gasteiger partial charge in [0.05, 0.1) is 22.6 Å². The zero-order valence-corrected chi connectivity index (χ0v) is 29.3. The van der Waals surface area contributed by atoms with Gasteiger partial charge in [-0.3, -0.25) is 0 Å². The largest absolute Gasteiger partial charge is 0.478 e. The Hall–Kier alpha value is -4.08. The van der Waals surface area contributed by atoms with E-state index in [0.717, 1.165) is 33.7 Å². The first-order chi connectivity index (χ1) is 22.6. The van der Waals surface area contributed by atoms with Crippen LogP contribution in [0.5, 0.6) is 0 Å². The number of carboxylic acid groups (broad SMARTS) is 2. The Morgan fingerprint density at radius 1 is 0.604 bits per heavy atom. The van der Waals surface area contributed by atoms with Crippen molar-refractivity contribution in [3.63, 3.8) is 0 Å². The van der Waals surface area contributed by atoms with Crippen molar-refractivity contribution in [1.29, 1.82) is 0 Å². The fourth-order valence-corrected chi connectivity index (χ4v) is 6.64. The molecule has 0 bridgehead atoms. The monoisotopic (exact) mass is 726 g/mol. The van der Waals surface area contributed by atoms with Crippen molar-refractivity contribution in [2.75, 3.05) is 0 Å². The fraction of sp³-hybridized carbons (Fsp3) is 0.222. The number of oxime groups is 2. The molecule has 0 spiro atoms. The molecular weight excluding hydrogens is 698 g/mol. The molecule has 4 aromatic carbocycles. The molecular formula is C36H30Cl4N2O6. The molecule has 2 aliphatic rings. The van der Waals surface area contributed by atoms with E-state index in [0.29, 0.717) is 44.1 Å². The standard InChI is InChI=1S/2C18H15Cl2NO3/c2*1-10-5-11(3-4-15(10)17(22)23)16-9-18(2,24-21-16)12-6-13(19)8-14(20)7-12/h2*3-8H,9H2,1-2H3,(H,22,23)/t2*18-/m10/s1. The molecule has 6 rings (SSSR count). The Balaban J connectivity index is 0.000000188. The van der Waals surface area contributed by atoms with E-state index in [4.69, 9.17) is 66.3 Å². The first kappa shape index (κ1) is 35.2. The van der Waals surface area contributed by atoms with Gasteiger partial charge in [0.2, 0.25) is 0 Å². The molecule has 248 valence electrons. The maximum Gasteiger partial charge on any atom is 0.335 e. The normalized spacial score (nSPS) is 19.8. The lowest BCUT2D eigenvalue weighted by Gasteiger charge is -2.22. The summed E-state index contributed by atoms with van der Waals surface area (Å²) in [4.78, 5) is 33.6. The van der Waals surface area contributed by atoms with Gasteiger partial charge in [-0.2, -0.15) is 0 Å². The smallest absolute Gasteiger partial charge is 0.335 e. The molecule has 0 unspecified atom stereocenters. The van der Waals surface area contributed by atoms with Gasteiger partial charge in [-0.15, -0.1) is 0 Å². The lowest BCUT2D eigenvalue weighted by atomic mass is 9.88. The number of halogens is 4. The Morgan fingerprint density at radius 3 is 1.23 bits per heavy atom. The summed E-state index contributed by atoms with van der Waals surface area (Å²) in [5.74, 6) is -1.89. The molecule has 48 heavy (non-hydrogen) atoms. The summed E-state index contributed by atoms with van der Waals surface area (Å²) in [5.41, 5.74) is 5.49. The highest BCUT2D eigenvalue weighted by atomic mass is 35.5. The zero-order valence-electron chi connectivity index (χ0n) is 26.3. The SMILES string of the molecule is Cc1cc(C2=NO[C@@](C)(c3cc(Cl)cc(Cl)c3)C2)ccc1C(=O)O.Cc1cc(C2=NO[C@](C)(c3cc(Cl)cc(Cl)c3)C2)ccc1C(=O)O. The van der Waals surface area contributed by atoms with Crippen LogP contribution in [0.1, 0.15) is 80.8 Å². The van der Waals surface area contributed by atoms with E-state index in [1.165, 1.54) is 0 Å². The molecule has 0 radical (unpaired) electrons. The summed E-state index contributed by atoms with van der Waals surface area (Å²) < 4.78 is 0. The molecule has 2 aliphatic heterocycles. The van der Waals surface area contributed by atoms with Crippen molar-refractivity contribution in [2.45, 2.75) is 51.7 Å². The topological polar surface area (TPSA) is 118 Å². The number of hydrogen-bond acceptors (Lipinski definition) is 6. The van der Waals surface area contributed by atoms with Crippen LogP contribution < -0.4 is 0 Å². The minimum absolute atomic E-state index is 0.280. The van der Waals surface area contributed by atoms with Crippen LogP contribution in [0.15, 0.2) is 83.1 Å². The second-order valence-corrected chi connectivity index (χ2v) is 13.8. The highest BCUT2D eigenvalue weighted by Gasteiger charge is 2.38. The van der Waals surface area contributed by atoms with Crippen LogP contribution in [0.3, 0.4) is 0 Å². The van der Waals surface area contributed by atoms with E-state index in [1.54, 1.807) is 50.2 Å². The van der Waals surface area contributed by atoms with Gasteiger partial charge in [-0.25, -0.2) is 9.59 Å². The molecule has 2 N–H and O–H groups in total. The molecule has 2 heterocycles. The van der Waals surface area contributed by atoms with Crippen LogP contribution in [-0.4, -0.2) is 33.6 Å². The Bertz CT molecular complexity index is 1830. The van der Waals surface area contributed by atoms with E-state index >= 15 is 0 Å². The minimum atomic E-state index is -0.943. The van der Waals surface area contributed by atoms with Gasteiger partial charge in [0.15, 0.2) is 11.2 Å². The Labute approximate surface area is 297 Å². The van der Waals surface area contributed by atoms with Crippen LogP contribution in [-0.2, 0) is 20.9 Å². The number of hydrogen-bond donors (Lipinski definition) is 2. The van der Waals surface area contributed by atoms with E-state index in [1.807, 2.05) is 50.2 Å². The maximum absolute atomic E-state index is 11.1. The number of carboxylic acids is 2. The first-order valence-corrected chi connectivity index (χ1v) is 16.2. The van der Waals surface area contributed by atoms with Crippen LogP contribution in [0.25, 0.3) is 0 Å². The summed E-state index contributed by atoms with van der Waals surface area (Å²) >= 11 is 24.3. The van der Waals surface area contributed by atoms with Crippen molar-refractivity contribution in [3.8, 4) is 0 Å². The summed E-state index contributed by atoms with van der Waals surface area (Å²) in [6.45, 7) is 7.37. The average molecular weight is 728 g/mol. The third-order valence-electron chi connectivity index (χ3n) is 8.25. The van der Waals surface area contributed by atoms with Gasteiger partial charge in [-0.05, 0) is 111 Å². The quantitative estimate of drug-likeness (QED) is 0.204. The zero-order chi connectivity index (χ0) is 35.0. The van der Waals surface area contributed by atoms with Crippen molar-refractivity contribution in [3.05, 3.63) is 137 Å². The van der Waals surface area contributed by atoms with Gasteiger partial charge in [-0.1, -0.05) is 68.8 Å². The highest BCUT2D eigenvalue weighted by Crippen LogP contribution is 2.40. The first-order valence-electron chi connectivity index (χ1n) is 14.7. The van der Waals surface area contributed by atoms with Gasteiger partial charge in [0.1, 0.15) is 0 Å². The molecule has 0 aromatic heterocycles. The fourth-order valence-electron chi connectivity index (χ4n) is 5.58. The number of benzene rings is 4. The van der Waals surface area contributed by atoms with Crippen LogP contribution in [0.4, 0.5) is 0 Å². The molecule has 12 heteroatoms. The van der Waals surface area contributed by atoms with Gasteiger partial charge in [0.25, 0.3) is 0 Å². The molecule has 0 saturated heterocycles. The summed E-state index contributed by atoms with van der Waals surface area (Å²) in [5, 5.41) is 28.8. The second kappa shape index (κ2) is 13.8. The van der Waals surface area contributed by atoms with Gasteiger partial charge in [0, 0.05) is 44.1 Å². The molecule has 0 fully saturated rings. The Kier molecular flexibility index (Phi) is 10.1. The average Bonchev–Trinajstić information content (AvgIpc) is 3.61. The van der Waals surface area contributed by atoms with Crippen LogP contribution >= 0.6 is 46.4 Å². The molecule has 0 aliphatic carbocycles. The van der Waals surface area contributed by atoms with E-state index in [2.05, 4.69) is 10.3 Å². The van der Waals surface area contributed by atoms with Crippen molar-refractivity contribution >= 4 is 69.8 Å². The van der Waals surface area contributed by atoms with Crippen LogP contribution in [0.2, 0.25) is 20.1 Å². The lowest BCUT2D eigenvalue weighted by Crippen LogP contribution is -2.22. The Morgan fingerprint density at radius 2 is 0.938 bits per heavy atom. The number of aromatic carboxylic acids is 2. The molecule has 0 amide bonds. The molecule has 4 aromatic rings.